The van der Waals surface area contributed by atoms with Gasteiger partial charge in [-0.25, -0.2) is 0 Å². The zero-order valence-corrected chi connectivity index (χ0v) is 11.8. The largest absolute Gasteiger partial charge is 0.489 e. The van der Waals surface area contributed by atoms with Crippen molar-refractivity contribution in [3.05, 3.63) is 64.7 Å². The second-order valence-corrected chi connectivity index (χ2v) is 4.49. The Morgan fingerprint density at radius 3 is 2.67 bits per heavy atom. The van der Waals surface area contributed by atoms with Crippen molar-refractivity contribution >= 4 is 0 Å². The van der Waals surface area contributed by atoms with Gasteiger partial charge in [-0.1, -0.05) is 30.0 Å². The molecule has 3 nitrogen and oxygen atoms in total. The molecule has 0 saturated heterocycles. The van der Waals surface area contributed by atoms with E-state index in [2.05, 4.69) is 17.9 Å². The molecule has 0 aliphatic rings. The van der Waals surface area contributed by atoms with Crippen LogP contribution in [0.25, 0.3) is 0 Å². The second kappa shape index (κ2) is 7.14. The first-order valence-electron chi connectivity index (χ1n) is 6.56. The fraction of sp³-hybridized carbons (Fsp3) is 0.167. The molecule has 0 unspecified atom stereocenters. The lowest BCUT2D eigenvalue weighted by Crippen LogP contribution is -1.98. The maximum atomic E-state index is 9.04. The van der Waals surface area contributed by atoms with E-state index >= 15 is 0 Å². The van der Waals surface area contributed by atoms with Crippen LogP contribution in [0.5, 0.6) is 5.75 Å². The summed E-state index contributed by atoms with van der Waals surface area (Å²) in [7, 11) is 0. The quantitative estimate of drug-likeness (QED) is 0.878. The van der Waals surface area contributed by atoms with Crippen LogP contribution in [0.4, 0.5) is 0 Å². The van der Waals surface area contributed by atoms with E-state index in [9.17, 15) is 0 Å². The summed E-state index contributed by atoms with van der Waals surface area (Å²) >= 11 is 0. The van der Waals surface area contributed by atoms with E-state index in [1.165, 1.54) is 0 Å². The van der Waals surface area contributed by atoms with E-state index in [0.717, 1.165) is 22.4 Å². The van der Waals surface area contributed by atoms with Gasteiger partial charge in [0.2, 0.25) is 0 Å². The van der Waals surface area contributed by atoms with Gasteiger partial charge in [-0.15, -0.1) is 0 Å². The van der Waals surface area contributed by atoms with Gasteiger partial charge in [-0.05, 0) is 36.8 Å². The predicted octanol–water partition coefficient (Wildman–Crippen LogP) is 2.79. The highest BCUT2D eigenvalue weighted by molar-refractivity contribution is 5.45. The molecule has 0 spiro atoms. The normalized spacial score (nSPS) is 9.38. The van der Waals surface area contributed by atoms with Crippen LogP contribution in [0.15, 0.2) is 42.5 Å². The molecule has 0 amide bonds. The predicted molar refractivity (Wildman–Crippen MR) is 80.6 cm³/mol. The Bertz CT molecular complexity index is 733. The van der Waals surface area contributed by atoms with Crippen LogP contribution >= 0.6 is 0 Å². The van der Waals surface area contributed by atoms with Crippen molar-refractivity contribution in [3.63, 3.8) is 0 Å². The monoisotopic (exact) mass is 277 g/mol. The number of aliphatic hydroxyl groups excluding tert-OH is 1. The third kappa shape index (κ3) is 3.86. The summed E-state index contributed by atoms with van der Waals surface area (Å²) in [6.07, 6.45) is 0. The summed E-state index contributed by atoms with van der Waals surface area (Å²) < 4.78 is 5.73. The number of benzene rings is 2. The van der Waals surface area contributed by atoms with Crippen molar-refractivity contribution in [2.45, 2.75) is 13.5 Å². The minimum absolute atomic E-state index is 0.150. The first-order chi connectivity index (χ1) is 10.2. The Kier molecular flexibility index (Phi) is 4.99. The van der Waals surface area contributed by atoms with E-state index in [4.69, 9.17) is 15.1 Å². The number of nitrogens with zero attached hydrogens (tertiary/aromatic N) is 1. The van der Waals surface area contributed by atoms with Crippen LogP contribution in [0.2, 0.25) is 0 Å². The molecule has 21 heavy (non-hydrogen) atoms. The summed E-state index contributed by atoms with van der Waals surface area (Å²) in [6.45, 7) is 2.14. The molecule has 0 atom stereocenters. The van der Waals surface area contributed by atoms with Crippen LogP contribution in [0.3, 0.4) is 0 Å². The van der Waals surface area contributed by atoms with Crippen molar-refractivity contribution in [2.24, 2.45) is 0 Å². The topological polar surface area (TPSA) is 53.2 Å². The summed E-state index contributed by atoms with van der Waals surface area (Å²) in [5, 5.41) is 17.7. The highest BCUT2D eigenvalue weighted by atomic mass is 16.5. The Morgan fingerprint density at radius 2 is 1.95 bits per heavy atom. The van der Waals surface area contributed by atoms with Gasteiger partial charge >= 0.3 is 0 Å². The standard InChI is InChI=1S/C18H15NO2/c1-14-11-18(9-8-15(14)7-4-10-20)21-13-17-6-3-2-5-16(17)12-19/h2-3,5-6,8-9,11,20H,10,13H2,1H3. The average Bonchev–Trinajstić information content (AvgIpc) is 2.52. The summed E-state index contributed by atoms with van der Waals surface area (Å²) in [6, 6.07) is 15.1. The second-order valence-electron chi connectivity index (χ2n) is 4.49. The molecule has 1 N–H and O–H groups in total. The molecule has 0 aliphatic carbocycles. The summed E-state index contributed by atoms with van der Waals surface area (Å²) in [4.78, 5) is 0. The maximum absolute atomic E-state index is 9.04. The fourth-order valence-corrected chi connectivity index (χ4v) is 1.92. The van der Waals surface area contributed by atoms with E-state index < -0.39 is 0 Å². The smallest absolute Gasteiger partial charge is 0.120 e. The van der Waals surface area contributed by atoms with Gasteiger partial charge in [-0.2, -0.15) is 5.26 Å². The molecule has 0 heterocycles. The van der Waals surface area contributed by atoms with Crippen molar-refractivity contribution < 1.29 is 9.84 Å². The molecule has 0 radical (unpaired) electrons. The van der Waals surface area contributed by atoms with E-state index in [1.54, 1.807) is 6.07 Å². The average molecular weight is 277 g/mol. The van der Waals surface area contributed by atoms with Gasteiger partial charge < -0.3 is 9.84 Å². The summed E-state index contributed by atoms with van der Waals surface area (Å²) in [5.74, 6) is 6.24. The van der Waals surface area contributed by atoms with Gasteiger partial charge in [0, 0.05) is 11.1 Å². The number of aryl methyl sites for hydroxylation is 1. The van der Waals surface area contributed by atoms with E-state index in [0.29, 0.717) is 12.2 Å². The van der Waals surface area contributed by atoms with Crippen LogP contribution in [0, 0.1) is 30.1 Å². The first kappa shape index (κ1) is 14.7. The van der Waals surface area contributed by atoms with Gasteiger partial charge in [0.15, 0.2) is 0 Å². The molecule has 2 rings (SSSR count). The zero-order chi connectivity index (χ0) is 15.1. The van der Waals surface area contributed by atoms with Crippen molar-refractivity contribution in [2.75, 3.05) is 6.61 Å². The Labute approximate surface area is 124 Å². The van der Waals surface area contributed by atoms with Crippen LogP contribution in [-0.2, 0) is 6.61 Å². The maximum Gasteiger partial charge on any atom is 0.120 e. The molecule has 0 aliphatic heterocycles. The Hall–Kier alpha value is -2.75. The molecule has 2 aromatic carbocycles. The molecular formula is C18H15NO2. The molecule has 104 valence electrons. The zero-order valence-electron chi connectivity index (χ0n) is 11.8. The first-order valence-corrected chi connectivity index (χ1v) is 6.56. The lowest BCUT2D eigenvalue weighted by Gasteiger charge is -2.09. The number of nitriles is 1. The SMILES string of the molecule is Cc1cc(OCc2ccccc2C#N)ccc1C#CCO. The lowest BCUT2D eigenvalue weighted by molar-refractivity contribution is 0.305. The number of rotatable bonds is 3. The number of ether oxygens (including phenoxy) is 1. The lowest BCUT2D eigenvalue weighted by atomic mass is 10.1. The van der Waals surface area contributed by atoms with Crippen molar-refractivity contribution in [3.8, 4) is 23.7 Å². The van der Waals surface area contributed by atoms with Crippen molar-refractivity contribution in [1.82, 2.24) is 0 Å². The molecule has 2 aromatic rings. The Balaban J connectivity index is 2.11. The molecule has 0 saturated carbocycles. The molecule has 0 bridgehead atoms. The molecule has 0 aromatic heterocycles. The molecular weight excluding hydrogens is 262 g/mol. The van der Waals surface area contributed by atoms with Gasteiger partial charge in [-0.3, -0.25) is 0 Å². The highest BCUT2D eigenvalue weighted by Gasteiger charge is 2.03. The summed E-state index contributed by atoms with van der Waals surface area (Å²) in [5.41, 5.74) is 3.34. The van der Waals surface area contributed by atoms with Gasteiger partial charge in [0.05, 0.1) is 11.6 Å². The molecule has 0 fully saturated rings. The van der Waals surface area contributed by atoms with Crippen molar-refractivity contribution in [1.29, 1.82) is 5.26 Å². The Morgan fingerprint density at radius 1 is 1.14 bits per heavy atom. The van der Waals surface area contributed by atoms with Gasteiger partial charge in [0.25, 0.3) is 0 Å². The van der Waals surface area contributed by atoms with E-state index in [1.807, 2.05) is 43.3 Å². The van der Waals surface area contributed by atoms with Crippen LogP contribution in [0.1, 0.15) is 22.3 Å². The van der Waals surface area contributed by atoms with Crippen LogP contribution in [-0.4, -0.2) is 11.7 Å². The van der Waals surface area contributed by atoms with Gasteiger partial charge in [0.1, 0.15) is 19.0 Å². The third-order valence-electron chi connectivity index (χ3n) is 3.03. The number of hydrogen-bond donors (Lipinski definition) is 1. The number of aliphatic hydroxyl groups is 1. The third-order valence-corrected chi connectivity index (χ3v) is 3.03. The van der Waals surface area contributed by atoms with E-state index in [-0.39, 0.29) is 6.61 Å². The van der Waals surface area contributed by atoms with Crippen LogP contribution < -0.4 is 4.74 Å². The number of hydrogen-bond acceptors (Lipinski definition) is 3. The minimum atomic E-state index is -0.150. The highest BCUT2D eigenvalue weighted by Crippen LogP contribution is 2.18. The minimum Gasteiger partial charge on any atom is -0.489 e. The fourth-order valence-electron chi connectivity index (χ4n) is 1.92. The molecule has 3 heteroatoms.